The van der Waals surface area contributed by atoms with Crippen LogP contribution in [0.15, 0.2) is 22.6 Å². The molecule has 1 atom stereocenters. The maximum absolute atomic E-state index is 9.29. The summed E-state index contributed by atoms with van der Waals surface area (Å²) in [6, 6.07) is 5.41. The zero-order valence-corrected chi connectivity index (χ0v) is 8.02. The lowest BCUT2D eigenvalue weighted by atomic mass is 10.3. The van der Waals surface area contributed by atoms with Gasteiger partial charge in [0.2, 0.25) is 5.89 Å². The van der Waals surface area contributed by atoms with E-state index in [1.165, 1.54) is 0 Å². The molecule has 1 heterocycles. The molecule has 1 unspecified atom stereocenters. The van der Waals surface area contributed by atoms with Crippen LogP contribution in [0.5, 0.6) is 5.75 Å². The van der Waals surface area contributed by atoms with Gasteiger partial charge in [-0.1, -0.05) is 6.07 Å². The van der Waals surface area contributed by atoms with E-state index in [1.807, 2.05) is 6.07 Å². The number of hydrogen-bond acceptors (Lipinski definition) is 4. The summed E-state index contributed by atoms with van der Waals surface area (Å²) in [4.78, 5) is 4.14. The van der Waals surface area contributed by atoms with E-state index in [0.29, 0.717) is 22.7 Å². The van der Waals surface area contributed by atoms with Crippen molar-refractivity contribution < 1.29 is 14.3 Å². The van der Waals surface area contributed by atoms with Crippen LogP contribution in [0, 0.1) is 0 Å². The van der Waals surface area contributed by atoms with Gasteiger partial charge in [0.25, 0.3) is 0 Å². The van der Waals surface area contributed by atoms with Crippen LogP contribution in [-0.4, -0.2) is 17.2 Å². The fraction of sp³-hybridized carbons (Fsp3) is 0.300. The number of methoxy groups -OCH3 is 1. The number of hydrogen-bond donors (Lipinski definition) is 1. The van der Waals surface area contributed by atoms with E-state index in [0.717, 1.165) is 0 Å². The van der Waals surface area contributed by atoms with Gasteiger partial charge in [0.1, 0.15) is 11.9 Å². The summed E-state index contributed by atoms with van der Waals surface area (Å²) < 4.78 is 10.4. The first-order valence-electron chi connectivity index (χ1n) is 4.34. The van der Waals surface area contributed by atoms with Crippen LogP contribution in [0.25, 0.3) is 11.1 Å². The number of fused-ring (bicyclic) bond motifs is 1. The number of nitrogens with zero attached hydrogens (tertiary/aromatic N) is 1. The Morgan fingerprint density at radius 1 is 1.50 bits per heavy atom. The summed E-state index contributed by atoms with van der Waals surface area (Å²) in [5.41, 5.74) is 1.27. The van der Waals surface area contributed by atoms with E-state index in [1.54, 1.807) is 26.2 Å². The molecular weight excluding hydrogens is 182 g/mol. The summed E-state index contributed by atoms with van der Waals surface area (Å²) in [5.74, 6) is 0.961. The number of oxazole rings is 1. The molecule has 1 aromatic carbocycles. The van der Waals surface area contributed by atoms with Crippen LogP contribution >= 0.6 is 0 Å². The molecule has 14 heavy (non-hydrogen) atoms. The normalized spacial score (nSPS) is 13.1. The average molecular weight is 193 g/mol. The highest BCUT2D eigenvalue weighted by Crippen LogP contribution is 2.27. The third-order valence-electron chi connectivity index (χ3n) is 1.98. The predicted molar refractivity (Wildman–Crippen MR) is 51.2 cm³/mol. The second kappa shape index (κ2) is 3.31. The Bertz CT molecular complexity index is 448. The molecule has 0 amide bonds. The second-order valence-corrected chi connectivity index (χ2v) is 3.04. The quantitative estimate of drug-likeness (QED) is 0.791. The number of aromatic nitrogens is 1. The molecule has 4 heteroatoms. The molecule has 0 spiro atoms. The Labute approximate surface area is 81.1 Å². The Morgan fingerprint density at radius 2 is 2.29 bits per heavy atom. The lowest BCUT2D eigenvalue weighted by Gasteiger charge is -1.96. The first-order valence-corrected chi connectivity index (χ1v) is 4.34. The Hall–Kier alpha value is -1.55. The standard InChI is InChI=1S/C10H11NO3/c1-6(12)10-11-9-7(13-2)4-3-5-8(9)14-10/h3-6,12H,1-2H3. The fourth-order valence-electron chi connectivity index (χ4n) is 1.28. The monoisotopic (exact) mass is 193 g/mol. The summed E-state index contributed by atoms with van der Waals surface area (Å²) in [7, 11) is 1.57. The predicted octanol–water partition coefficient (Wildman–Crippen LogP) is 1.89. The highest BCUT2D eigenvalue weighted by molar-refractivity contribution is 5.79. The number of aliphatic hydroxyl groups is 1. The van der Waals surface area contributed by atoms with Crippen molar-refractivity contribution in [2.75, 3.05) is 7.11 Å². The first kappa shape index (κ1) is 9.02. The summed E-state index contributed by atoms with van der Waals surface area (Å²) in [6.45, 7) is 1.61. The molecule has 2 rings (SSSR count). The van der Waals surface area contributed by atoms with Gasteiger partial charge in [-0.3, -0.25) is 0 Å². The summed E-state index contributed by atoms with van der Waals surface area (Å²) in [5, 5.41) is 9.29. The maximum atomic E-state index is 9.29. The molecular formula is C10H11NO3. The van der Waals surface area contributed by atoms with Gasteiger partial charge in [-0.15, -0.1) is 0 Å². The van der Waals surface area contributed by atoms with E-state index in [-0.39, 0.29) is 0 Å². The Balaban J connectivity index is 2.64. The van der Waals surface area contributed by atoms with Crippen molar-refractivity contribution in [2.45, 2.75) is 13.0 Å². The van der Waals surface area contributed by atoms with Crippen LogP contribution in [0.4, 0.5) is 0 Å². The molecule has 0 aliphatic carbocycles. The third-order valence-corrected chi connectivity index (χ3v) is 1.98. The van der Waals surface area contributed by atoms with Gasteiger partial charge >= 0.3 is 0 Å². The fourth-order valence-corrected chi connectivity index (χ4v) is 1.28. The largest absolute Gasteiger partial charge is 0.494 e. The molecule has 2 aromatic rings. The highest BCUT2D eigenvalue weighted by Gasteiger charge is 2.12. The Morgan fingerprint density at radius 3 is 2.93 bits per heavy atom. The molecule has 0 radical (unpaired) electrons. The lowest BCUT2D eigenvalue weighted by Crippen LogP contribution is -1.89. The molecule has 4 nitrogen and oxygen atoms in total. The molecule has 0 bridgehead atoms. The number of para-hydroxylation sites is 1. The van der Waals surface area contributed by atoms with E-state index >= 15 is 0 Å². The zero-order chi connectivity index (χ0) is 10.1. The average Bonchev–Trinajstić information content (AvgIpc) is 2.60. The van der Waals surface area contributed by atoms with Crippen LogP contribution in [0.1, 0.15) is 18.9 Å². The van der Waals surface area contributed by atoms with E-state index in [9.17, 15) is 5.11 Å². The molecule has 0 aliphatic heterocycles. The van der Waals surface area contributed by atoms with Gasteiger partial charge in [0.05, 0.1) is 7.11 Å². The number of aliphatic hydroxyl groups excluding tert-OH is 1. The van der Waals surface area contributed by atoms with Gasteiger partial charge < -0.3 is 14.3 Å². The van der Waals surface area contributed by atoms with Gasteiger partial charge in [0, 0.05) is 0 Å². The van der Waals surface area contributed by atoms with E-state index < -0.39 is 6.10 Å². The lowest BCUT2D eigenvalue weighted by molar-refractivity contribution is 0.165. The molecule has 0 fully saturated rings. The topological polar surface area (TPSA) is 55.5 Å². The van der Waals surface area contributed by atoms with E-state index in [2.05, 4.69) is 4.98 Å². The van der Waals surface area contributed by atoms with Crippen LogP contribution in [0.3, 0.4) is 0 Å². The van der Waals surface area contributed by atoms with Crippen molar-refractivity contribution in [1.82, 2.24) is 4.98 Å². The second-order valence-electron chi connectivity index (χ2n) is 3.04. The van der Waals surface area contributed by atoms with Crippen LogP contribution in [0.2, 0.25) is 0 Å². The van der Waals surface area contributed by atoms with Gasteiger partial charge in [-0.25, -0.2) is 4.98 Å². The molecule has 1 N–H and O–H groups in total. The third kappa shape index (κ3) is 1.33. The zero-order valence-electron chi connectivity index (χ0n) is 8.02. The molecule has 0 saturated heterocycles. The minimum absolute atomic E-state index is 0.310. The minimum Gasteiger partial charge on any atom is -0.494 e. The van der Waals surface area contributed by atoms with Crippen molar-refractivity contribution in [3.8, 4) is 5.75 Å². The van der Waals surface area contributed by atoms with Crippen molar-refractivity contribution >= 4 is 11.1 Å². The van der Waals surface area contributed by atoms with Gasteiger partial charge in [-0.05, 0) is 19.1 Å². The van der Waals surface area contributed by atoms with E-state index in [4.69, 9.17) is 9.15 Å². The first-order chi connectivity index (χ1) is 6.72. The Kier molecular flexibility index (Phi) is 2.13. The van der Waals surface area contributed by atoms with Crippen LogP contribution in [-0.2, 0) is 0 Å². The number of benzene rings is 1. The van der Waals surface area contributed by atoms with Crippen molar-refractivity contribution in [3.63, 3.8) is 0 Å². The highest BCUT2D eigenvalue weighted by atomic mass is 16.5. The summed E-state index contributed by atoms with van der Waals surface area (Å²) in [6.07, 6.45) is -0.702. The SMILES string of the molecule is COc1cccc2oc(C(C)O)nc12. The molecule has 1 aromatic heterocycles. The molecule has 0 aliphatic rings. The van der Waals surface area contributed by atoms with Crippen molar-refractivity contribution in [3.05, 3.63) is 24.1 Å². The van der Waals surface area contributed by atoms with Crippen molar-refractivity contribution in [1.29, 1.82) is 0 Å². The summed E-state index contributed by atoms with van der Waals surface area (Å²) >= 11 is 0. The maximum Gasteiger partial charge on any atom is 0.224 e. The van der Waals surface area contributed by atoms with Crippen LogP contribution < -0.4 is 4.74 Å². The van der Waals surface area contributed by atoms with Gasteiger partial charge in [-0.2, -0.15) is 0 Å². The molecule has 74 valence electrons. The van der Waals surface area contributed by atoms with Crippen molar-refractivity contribution in [2.24, 2.45) is 0 Å². The smallest absolute Gasteiger partial charge is 0.224 e. The number of ether oxygens (including phenoxy) is 1. The minimum atomic E-state index is -0.702. The molecule has 0 saturated carbocycles. The number of rotatable bonds is 2. The van der Waals surface area contributed by atoms with Gasteiger partial charge in [0.15, 0.2) is 11.1 Å².